The molecule has 0 bridgehead atoms. The van der Waals surface area contributed by atoms with Gasteiger partial charge < -0.3 is 15.4 Å². The van der Waals surface area contributed by atoms with Crippen molar-refractivity contribution < 1.29 is 22.7 Å². The Morgan fingerprint density at radius 3 is 2.55 bits per heavy atom. The Morgan fingerprint density at radius 2 is 1.97 bits per heavy atom. The molecule has 168 valence electrons. The quantitative estimate of drug-likeness (QED) is 0.691. The summed E-state index contributed by atoms with van der Waals surface area (Å²) in [5.41, 5.74) is 0.908. The predicted molar refractivity (Wildman–Crippen MR) is 113 cm³/mol. The number of halogens is 3. The maximum Gasteiger partial charge on any atom is 0.416 e. The van der Waals surface area contributed by atoms with Gasteiger partial charge in [0, 0.05) is 13.6 Å². The van der Waals surface area contributed by atoms with Gasteiger partial charge in [0.25, 0.3) is 0 Å². The molecule has 7 heteroatoms. The molecule has 1 aliphatic rings. The van der Waals surface area contributed by atoms with Crippen molar-refractivity contribution in [1.82, 2.24) is 10.6 Å². The van der Waals surface area contributed by atoms with Crippen molar-refractivity contribution in [3.8, 4) is 0 Å². The zero-order valence-electron chi connectivity index (χ0n) is 18.1. The highest BCUT2D eigenvalue weighted by Gasteiger charge is 2.39. The van der Waals surface area contributed by atoms with Gasteiger partial charge in [-0.3, -0.25) is 4.79 Å². The fourth-order valence-corrected chi connectivity index (χ4v) is 4.14. The third-order valence-corrected chi connectivity index (χ3v) is 6.03. The van der Waals surface area contributed by atoms with Crippen LogP contribution in [0.25, 0.3) is 0 Å². The average Bonchev–Trinajstić information content (AvgIpc) is 2.77. The molecule has 31 heavy (non-hydrogen) atoms. The van der Waals surface area contributed by atoms with E-state index in [0.717, 1.165) is 17.7 Å². The van der Waals surface area contributed by atoms with E-state index in [1.54, 1.807) is 27.0 Å². The Kier molecular flexibility index (Phi) is 7.06. The molecule has 4 nitrogen and oxygen atoms in total. The molecule has 0 radical (unpaired) electrons. The smallest absolute Gasteiger partial charge is 0.372 e. The Bertz CT molecular complexity index is 891. The SMILES string of the molecule is CNC(=O)C1CC[C@@](CO[C@H](C)c2cc(C)cc(C(F)(F)F)c2)(c2ccccc2)NC1. The maximum absolute atomic E-state index is 13.2. The molecule has 2 N–H and O–H groups in total. The van der Waals surface area contributed by atoms with Gasteiger partial charge in [-0.1, -0.05) is 42.0 Å². The van der Waals surface area contributed by atoms with Crippen LogP contribution in [0.15, 0.2) is 48.5 Å². The number of rotatable bonds is 6. The van der Waals surface area contributed by atoms with Gasteiger partial charge in [0.1, 0.15) is 0 Å². The molecule has 1 fully saturated rings. The standard InChI is InChI=1S/C24H29F3N2O2/c1-16-11-19(13-21(12-16)24(25,26)27)17(2)31-15-23(20-7-5-4-6-8-20)10-9-18(14-29-23)22(30)28-3/h4-8,11-13,17-18,29H,9-10,14-15H2,1-3H3,(H,28,30)/t17-,18?,23-/m1/s1. The second-order valence-electron chi connectivity index (χ2n) is 8.26. The highest BCUT2D eigenvalue weighted by Crippen LogP contribution is 2.36. The lowest BCUT2D eigenvalue weighted by molar-refractivity contribution is -0.137. The van der Waals surface area contributed by atoms with Crippen LogP contribution in [-0.2, 0) is 21.2 Å². The Morgan fingerprint density at radius 1 is 1.26 bits per heavy atom. The number of hydrogen-bond acceptors (Lipinski definition) is 3. The Labute approximate surface area is 181 Å². The fraction of sp³-hybridized carbons (Fsp3) is 0.458. The van der Waals surface area contributed by atoms with Crippen LogP contribution >= 0.6 is 0 Å². The Hall–Kier alpha value is -2.38. The molecule has 0 aliphatic carbocycles. The summed E-state index contributed by atoms with van der Waals surface area (Å²) in [7, 11) is 1.63. The summed E-state index contributed by atoms with van der Waals surface area (Å²) in [4.78, 5) is 12.0. The molecular weight excluding hydrogens is 405 g/mol. The van der Waals surface area contributed by atoms with Crippen LogP contribution in [0.1, 0.15) is 48.1 Å². The summed E-state index contributed by atoms with van der Waals surface area (Å²) >= 11 is 0. The van der Waals surface area contributed by atoms with Crippen LogP contribution in [-0.4, -0.2) is 26.1 Å². The van der Waals surface area contributed by atoms with Crippen LogP contribution in [0, 0.1) is 12.8 Å². The highest BCUT2D eigenvalue weighted by molar-refractivity contribution is 5.78. The number of alkyl halides is 3. The molecular formula is C24H29F3N2O2. The summed E-state index contributed by atoms with van der Waals surface area (Å²) in [6, 6.07) is 13.9. The number of aryl methyl sites for hydroxylation is 1. The van der Waals surface area contributed by atoms with Gasteiger partial charge >= 0.3 is 6.18 Å². The second-order valence-corrected chi connectivity index (χ2v) is 8.26. The first-order chi connectivity index (χ1) is 14.6. The number of nitrogens with one attached hydrogen (secondary N) is 2. The summed E-state index contributed by atoms with van der Waals surface area (Å²) in [5, 5.41) is 6.20. The topological polar surface area (TPSA) is 50.4 Å². The first-order valence-corrected chi connectivity index (χ1v) is 10.5. The van der Waals surface area contributed by atoms with E-state index < -0.39 is 23.4 Å². The number of hydrogen-bond donors (Lipinski definition) is 2. The van der Waals surface area contributed by atoms with Crippen molar-refractivity contribution in [3.63, 3.8) is 0 Å². The van der Waals surface area contributed by atoms with Crippen LogP contribution in [0.4, 0.5) is 13.2 Å². The first-order valence-electron chi connectivity index (χ1n) is 10.5. The van der Waals surface area contributed by atoms with Crippen LogP contribution in [0.2, 0.25) is 0 Å². The number of amides is 1. The van der Waals surface area contributed by atoms with Crippen LogP contribution < -0.4 is 10.6 Å². The minimum atomic E-state index is -4.40. The maximum atomic E-state index is 13.2. The third kappa shape index (κ3) is 5.46. The zero-order valence-corrected chi connectivity index (χ0v) is 18.1. The lowest BCUT2D eigenvalue weighted by Crippen LogP contribution is -2.54. The van der Waals surface area contributed by atoms with Crippen molar-refractivity contribution in [1.29, 1.82) is 0 Å². The van der Waals surface area contributed by atoms with Gasteiger partial charge in [0.2, 0.25) is 5.91 Å². The first kappa shape index (κ1) is 23.3. The number of piperidine rings is 1. The van der Waals surface area contributed by atoms with Crippen molar-refractivity contribution in [3.05, 3.63) is 70.8 Å². The predicted octanol–water partition coefficient (Wildman–Crippen LogP) is 4.73. The summed E-state index contributed by atoms with van der Waals surface area (Å²) in [5.74, 6) is -0.117. The van der Waals surface area contributed by atoms with Gasteiger partial charge in [0.05, 0.1) is 29.7 Å². The molecule has 0 saturated carbocycles. The van der Waals surface area contributed by atoms with Gasteiger partial charge in [-0.05, 0) is 49.9 Å². The van der Waals surface area contributed by atoms with E-state index in [9.17, 15) is 18.0 Å². The van der Waals surface area contributed by atoms with Crippen LogP contribution in [0.5, 0.6) is 0 Å². The minimum absolute atomic E-state index is 0.00267. The number of benzene rings is 2. The largest absolute Gasteiger partial charge is 0.416 e. The van der Waals surface area contributed by atoms with Crippen LogP contribution in [0.3, 0.4) is 0 Å². The zero-order chi connectivity index (χ0) is 22.6. The monoisotopic (exact) mass is 434 g/mol. The highest BCUT2D eigenvalue weighted by atomic mass is 19.4. The molecule has 1 saturated heterocycles. The van der Waals surface area contributed by atoms with E-state index in [1.807, 2.05) is 30.3 Å². The fourth-order valence-electron chi connectivity index (χ4n) is 4.14. The van der Waals surface area contributed by atoms with Gasteiger partial charge in [0.15, 0.2) is 0 Å². The van der Waals surface area contributed by atoms with Gasteiger partial charge in [-0.25, -0.2) is 0 Å². The number of carbonyl (C=O) groups excluding carboxylic acids is 1. The molecule has 0 aromatic heterocycles. The molecule has 1 unspecified atom stereocenters. The summed E-state index contributed by atoms with van der Waals surface area (Å²) in [6.45, 7) is 4.21. The van der Waals surface area contributed by atoms with Crippen molar-refractivity contribution >= 4 is 5.91 Å². The summed E-state index contributed by atoms with van der Waals surface area (Å²) < 4.78 is 45.8. The molecule has 0 spiro atoms. The average molecular weight is 435 g/mol. The summed E-state index contributed by atoms with van der Waals surface area (Å²) in [6.07, 6.45) is -3.53. The molecule has 3 atom stereocenters. The number of ether oxygens (including phenoxy) is 1. The third-order valence-electron chi connectivity index (χ3n) is 6.03. The molecule has 2 aromatic rings. The lowest BCUT2D eigenvalue weighted by Gasteiger charge is -2.41. The van der Waals surface area contributed by atoms with E-state index >= 15 is 0 Å². The van der Waals surface area contributed by atoms with Crippen molar-refractivity contribution in [2.45, 2.75) is 44.5 Å². The van der Waals surface area contributed by atoms with Crippen molar-refractivity contribution in [2.75, 3.05) is 20.2 Å². The molecule has 1 amide bonds. The molecule has 1 aliphatic heterocycles. The molecule has 3 rings (SSSR count). The molecule has 2 aromatic carbocycles. The van der Waals surface area contributed by atoms with Gasteiger partial charge in [-0.2, -0.15) is 13.2 Å². The van der Waals surface area contributed by atoms with Gasteiger partial charge in [-0.15, -0.1) is 0 Å². The van der Waals surface area contributed by atoms with E-state index in [4.69, 9.17) is 4.74 Å². The van der Waals surface area contributed by atoms with Crippen molar-refractivity contribution in [2.24, 2.45) is 5.92 Å². The molecule has 1 heterocycles. The lowest BCUT2D eigenvalue weighted by atomic mass is 9.79. The van der Waals surface area contributed by atoms with E-state index in [-0.39, 0.29) is 18.4 Å². The number of carbonyl (C=O) groups is 1. The van der Waals surface area contributed by atoms with E-state index in [0.29, 0.717) is 30.5 Å². The Balaban J connectivity index is 1.79. The normalized spacial score (nSPS) is 22.7. The van der Waals surface area contributed by atoms with E-state index in [1.165, 1.54) is 0 Å². The minimum Gasteiger partial charge on any atom is -0.372 e. The second kappa shape index (κ2) is 9.40. The van der Waals surface area contributed by atoms with E-state index in [2.05, 4.69) is 10.6 Å².